The number of anilines is 1. The average molecular weight is 351 g/mol. The maximum atomic E-state index is 12.6. The van der Waals surface area contributed by atoms with Gasteiger partial charge in [0.05, 0.1) is 11.3 Å². The molecule has 134 valence electrons. The highest BCUT2D eigenvalue weighted by molar-refractivity contribution is 5.40. The molecule has 0 aromatic carbocycles. The van der Waals surface area contributed by atoms with Crippen molar-refractivity contribution >= 4 is 5.82 Å². The van der Waals surface area contributed by atoms with Crippen LogP contribution in [0.15, 0.2) is 36.9 Å². The number of piperidine rings is 1. The van der Waals surface area contributed by atoms with Gasteiger partial charge in [-0.05, 0) is 25.0 Å². The highest BCUT2D eigenvalue weighted by atomic mass is 19.4. The SMILES string of the molecule is FC(F)(F)c1ccc(N2CCC(NCCc3cnccn3)CC2)nc1. The van der Waals surface area contributed by atoms with Crippen molar-refractivity contribution in [3.8, 4) is 0 Å². The van der Waals surface area contributed by atoms with Crippen LogP contribution in [-0.4, -0.2) is 40.6 Å². The maximum absolute atomic E-state index is 12.6. The Bertz CT molecular complexity index is 652. The molecule has 1 saturated heterocycles. The molecule has 0 aliphatic carbocycles. The Morgan fingerprint density at radius 2 is 1.88 bits per heavy atom. The van der Waals surface area contributed by atoms with E-state index >= 15 is 0 Å². The number of aromatic nitrogens is 3. The molecule has 0 radical (unpaired) electrons. The van der Waals surface area contributed by atoms with E-state index in [1.54, 1.807) is 18.6 Å². The minimum Gasteiger partial charge on any atom is -0.357 e. The minimum absolute atomic E-state index is 0.405. The van der Waals surface area contributed by atoms with Gasteiger partial charge < -0.3 is 10.2 Å². The zero-order valence-electron chi connectivity index (χ0n) is 13.7. The molecule has 0 spiro atoms. The van der Waals surface area contributed by atoms with Gasteiger partial charge in [-0.2, -0.15) is 13.2 Å². The van der Waals surface area contributed by atoms with Crippen LogP contribution in [0.3, 0.4) is 0 Å². The number of hydrogen-bond acceptors (Lipinski definition) is 5. The number of hydrogen-bond donors (Lipinski definition) is 1. The quantitative estimate of drug-likeness (QED) is 0.898. The number of nitrogens with one attached hydrogen (secondary N) is 1. The monoisotopic (exact) mass is 351 g/mol. The van der Waals surface area contributed by atoms with Gasteiger partial charge in [0.2, 0.25) is 0 Å². The van der Waals surface area contributed by atoms with Crippen molar-refractivity contribution in [1.29, 1.82) is 0 Å². The third kappa shape index (κ3) is 4.88. The second-order valence-corrected chi connectivity index (χ2v) is 6.07. The van der Waals surface area contributed by atoms with Gasteiger partial charge in [-0.25, -0.2) is 4.98 Å². The summed E-state index contributed by atoms with van der Waals surface area (Å²) in [5, 5.41) is 3.51. The Morgan fingerprint density at radius 3 is 2.48 bits per heavy atom. The molecule has 0 bridgehead atoms. The summed E-state index contributed by atoms with van der Waals surface area (Å²) in [5.41, 5.74) is 0.248. The lowest BCUT2D eigenvalue weighted by molar-refractivity contribution is -0.137. The Labute approximate surface area is 144 Å². The smallest absolute Gasteiger partial charge is 0.357 e. The molecule has 1 aliphatic rings. The lowest BCUT2D eigenvalue weighted by Crippen LogP contribution is -2.43. The number of rotatable bonds is 5. The third-order valence-electron chi connectivity index (χ3n) is 4.32. The lowest BCUT2D eigenvalue weighted by Gasteiger charge is -2.33. The van der Waals surface area contributed by atoms with Crippen LogP contribution in [0.4, 0.5) is 19.0 Å². The van der Waals surface area contributed by atoms with Crippen LogP contribution < -0.4 is 10.2 Å². The Balaban J connectivity index is 1.44. The topological polar surface area (TPSA) is 53.9 Å². The number of nitrogens with zero attached hydrogens (tertiary/aromatic N) is 4. The summed E-state index contributed by atoms with van der Waals surface area (Å²) in [4.78, 5) is 14.3. The van der Waals surface area contributed by atoms with Crippen molar-refractivity contribution in [3.63, 3.8) is 0 Å². The molecule has 1 N–H and O–H groups in total. The van der Waals surface area contributed by atoms with Gasteiger partial charge in [-0.1, -0.05) is 0 Å². The predicted octanol–water partition coefficient (Wildman–Crippen LogP) is 2.69. The summed E-state index contributed by atoms with van der Waals surface area (Å²) in [6.07, 6.45) is 4.36. The first kappa shape index (κ1) is 17.6. The molecule has 0 amide bonds. The first-order valence-corrected chi connectivity index (χ1v) is 8.29. The molecular weight excluding hydrogens is 331 g/mol. The molecule has 2 aromatic rings. The summed E-state index contributed by atoms with van der Waals surface area (Å²) in [6.45, 7) is 2.39. The van der Waals surface area contributed by atoms with E-state index in [0.717, 1.165) is 56.9 Å². The molecule has 0 unspecified atom stereocenters. The average Bonchev–Trinajstić information content (AvgIpc) is 2.63. The van der Waals surface area contributed by atoms with Crippen LogP contribution >= 0.6 is 0 Å². The maximum Gasteiger partial charge on any atom is 0.417 e. The van der Waals surface area contributed by atoms with E-state index in [1.165, 1.54) is 6.07 Å². The van der Waals surface area contributed by atoms with Gasteiger partial charge in [-0.15, -0.1) is 0 Å². The van der Waals surface area contributed by atoms with E-state index in [4.69, 9.17) is 0 Å². The Kier molecular flexibility index (Phi) is 5.47. The van der Waals surface area contributed by atoms with E-state index in [-0.39, 0.29) is 0 Å². The fourth-order valence-corrected chi connectivity index (χ4v) is 2.92. The van der Waals surface area contributed by atoms with Gasteiger partial charge in [0, 0.05) is 56.9 Å². The number of halogens is 3. The van der Waals surface area contributed by atoms with Crippen LogP contribution in [0.1, 0.15) is 24.1 Å². The molecule has 0 saturated carbocycles. The van der Waals surface area contributed by atoms with Gasteiger partial charge in [0.15, 0.2) is 0 Å². The molecule has 1 aliphatic heterocycles. The zero-order valence-corrected chi connectivity index (χ0v) is 13.7. The summed E-state index contributed by atoms with van der Waals surface area (Å²) < 4.78 is 37.8. The zero-order chi connectivity index (χ0) is 17.7. The molecule has 25 heavy (non-hydrogen) atoms. The summed E-state index contributed by atoms with van der Waals surface area (Å²) in [5.74, 6) is 0.603. The van der Waals surface area contributed by atoms with Crippen LogP contribution in [0.25, 0.3) is 0 Å². The molecule has 8 heteroatoms. The van der Waals surface area contributed by atoms with E-state index in [2.05, 4.69) is 20.3 Å². The molecule has 1 fully saturated rings. The van der Waals surface area contributed by atoms with Crippen LogP contribution in [0.2, 0.25) is 0 Å². The van der Waals surface area contributed by atoms with Gasteiger partial charge in [0.1, 0.15) is 5.82 Å². The van der Waals surface area contributed by atoms with Crippen molar-refractivity contribution in [2.24, 2.45) is 0 Å². The molecule has 3 heterocycles. The third-order valence-corrected chi connectivity index (χ3v) is 4.32. The first-order valence-electron chi connectivity index (χ1n) is 8.29. The number of pyridine rings is 1. The summed E-state index contributed by atoms with van der Waals surface area (Å²) in [6, 6.07) is 2.94. The lowest BCUT2D eigenvalue weighted by atomic mass is 10.0. The van der Waals surface area contributed by atoms with Crippen LogP contribution in [0.5, 0.6) is 0 Å². The normalized spacial score (nSPS) is 16.2. The second-order valence-electron chi connectivity index (χ2n) is 6.07. The van der Waals surface area contributed by atoms with Crippen LogP contribution in [-0.2, 0) is 12.6 Å². The predicted molar refractivity (Wildman–Crippen MR) is 88.2 cm³/mol. The Morgan fingerprint density at radius 1 is 1.08 bits per heavy atom. The van der Waals surface area contributed by atoms with Gasteiger partial charge >= 0.3 is 6.18 Å². The molecular formula is C17H20F3N5. The minimum atomic E-state index is -4.34. The fraction of sp³-hybridized carbons (Fsp3) is 0.471. The fourth-order valence-electron chi connectivity index (χ4n) is 2.92. The van der Waals surface area contributed by atoms with Gasteiger partial charge in [0.25, 0.3) is 0 Å². The molecule has 0 atom stereocenters. The van der Waals surface area contributed by atoms with E-state index in [0.29, 0.717) is 11.9 Å². The van der Waals surface area contributed by atoms with Crippen molar-refractivity contribution < 1.29 is 13.2 Å². The van der Waals surface area contributed by atoms with E-state index in [1.807, 2.05) is 4.90 Å². The van der Waals surface area contributed by atoms with E-state index in [9.17, 15) is 13.2 Å². The van der Waals surface area contributed by atoms with Crippen LogP contribution in [0, 0.1) is 0 Å². The standard InChI is InChI=1S/C17H20F3N5/c18-17(19,20)13-1-2-16(24-11-13)25-9-4-14(5-10-25)22-6-3-15-12-21-7-8-23-15/h1-2,7-8,11-12,14,22H,3-6,9-10H2. The molecule has 2 aromatic heterocycles. The van der Waals surface area contributed by atoms with E-state index < -0.39 is 11.7 Å². The van der Waals surface area contributed by atoms with Gasteiger partial charge in [-0.3, -0.25) is 9.97 Å². The highest BCUT2D eigenvalue weighted by Crippen LogP contribution is 2.29. The highest BCUT2D eigenvalue weighted by Gasteiger charge is 2.31. The summed E-state index contributed by atoms with van der Waals surface area (Å²) in [7, 11) is 0. The Hall–Kier alpha value is -2.22. The number of alkyl halides is 3. The molecule has 3 rings (SSSR count). The van der Waals surface area contributed by atoms with Crippen molar-refractivity contribution in [2.45, 2.75) is 31.5 Å². The summed E-state index contributed by atoms with van der Waals surface area (Å²) >= 11 is 0. The largest absolute Gasteiger partial charge is 0.417 e. The van der Waals surface area contributed by atoms with Crippen molar-refractivity contribution in [3.05, 3.63) is 48.2 Å². The first-order chi connectivity index (χ1) is 12.0. The second kappa shape index (κ2) is 7.77. The van der Waals surface area contributed by atoms with Crippen molar-refractivity contribution in [1.82, 2.24) is 20.3 Å². The molecule has 5 nitrogen and oxygen atoms in total. The van der Waals surface area contributed by atoms with Crippen molar-refractivity contribution in [2.75, 3.05) is 24.5 Å².